The smallest absolute Gasteiger partial charge is 0.287 e. The van der Waals surface area contributed by atoms with Gasteiger partial charge in [0.25, 0.3) is 5.91 Å². The molecule has 0 radical (unpaired) electrons. The Morgan fingerprint density at radius 1 is 1.38 bits per heavy atom. The van der Waals surface area contributed by atoms with E-state index in [-0.39, 0.29) is 5.91 Å². The average molecular weight is 362 g/mol. The van der Waals surface area contributed by atoms with Crippen molar-refractivity contribution < 1.29 is 13.9 Å². The Balaban J connectivity index is 1.44. The number of nitrogens with one attached hydrogen (secondary N) is 2. The number of ether oxygens (including phenoxy) is 1. The molecule has 0 bridgehead atoms. The predicted molar refractivity (Wildman–Crippen MR) is 100 cm³/mol. The molecule has 1 aromatic heterocycles. The summed E-state index contributed by atoms with van der Waals surface area (Å²) in [5, 5.41) is 6.28. The van der Waals surface area contributed by atoms with Gasteiger partial charge in [-0.2, -0.15) is 0 Å². The van der Waals surface area contributed by atoms with Crippen LogP contribution in [0.25, 0.3) is 0 Å². The lowest BCUT2D eigenvalue weighted by atomic mass is 9.87. The van der Waals surface area contributed by atoms with Crippen molar-refractivity contribution in [2.75, 3.05) is 45.9 Å². The van der Waals surface area contributed by atoms with E-state index in [1.807, 2.05) is 6.92 Å². The Bertz CT molecular complexity index is 634. The number of carbonyl (C=O) groups is 1. The van der Waals surface area contributed by atoms with Gasteiger partial charge in [-0.1, -0.05) is 0 Å². The van der Waals surface area contributed by atoms with Gasteiger partial charge in [-0.25, -0.2) is 0 Å². The van der Waals surface area contributed by atoms with E-state index >= 15 is 0 Å². The number of likely N-dealkylation sites (tertiary alicyclic amines) is 1. The molecule has 2 N–H and O–H groups in total. The highest BCUT2D eigenvalue weighted by Gasteiger charge is 2.42. The van der Waals surface area contributed by atoms with Crippen molar-refractivity contribution in [2.45, 2.75) is 33.1 Å². The van der Waals surface area contributed by atoms with Crippen molar-refractivity contribution in [1.82, 2.24) is 15.5 Å². The Hall–Kier alpha value is -2.02. The summed E-state index contributed by atoms with van der Waals surface area (Å²) in [6.45, 7) is 9.89. The second-order valence-corrected chi connectivity index (χ2v) is 7.25. The monoisotopic (exact) mass is 362 g/mol. The van der Waals surface area contributed by atoms with Crippen LogP contribution in [0.15, 0.2) is 21.7 Å². The second kappa shape index (κ2) is 8.58. The number of amides is 1. The van der Waals surface area contributed by atoms with E-state index in [2.05, 4.69) is 22.5 Å². The van der Waals surface area contributed by atoms with Gasteiger partial charge in [0.1, 0.15) is 0 Å². The summed E-state index contributed by atoms with van der Waals surface area (Å²) in [6.07, 6.45) is 4.66. The van der Waals surface area contributed by atoms with E-state index in [9.17, 15) is 4.79 Å². The normalized spacial score (nSPS) is 23.0. The van der Waals surface area contributed by atoms with Crippen molar-refractivity contribution in [3.8, 4) is 0 Å². The van der Waals surface area contributed by atoms with Crippen LogP contribution < -0.4 is 10.6 Å². The lowest BCUT2D eigenvalue weighted by molar-refractivity contribution is 0.0925. The van der Waals surface area contributed by atoms with E-state index in [0.29, 0.717) is 24.3 Å². The molecule has 0 aromatic carbocycles. The number of aryl methyl sites for hydroxylation is 1. The zero-order valence-corrected chi connectivity index (χ0v) is 15.8. The lowest BCUT2D eigenvalue weighted by Gasteiger charge is -2.25. The largest absolute Gasteiger partial charge is 0.459 e. The number of furan rings is 1. The van der Waals surface area contributed by atoms with Gasteiger partial charge in [-0.3, -0.25) is 9.79 Å². The molecule has 3 heterocycles. The van der Waals surface area contributed by atoms with Gasteiger partial charge in [-0.05, 0) is 39.2 Å². The third-order valence-electron chi connectivity index (χ3n) is 5.21. The first-order valence-corrected chi connectivity index (χ1v) is 9.57. The third kappa shape index (κ3) is 4.38. The highest BCUT2D eigenvalue weighted by Crippen LogP contribution is 2.38. The fourth-order valence-electron chi connectivity index (χ4n) is 3.66. The fourth-order valence-corrected chi connectivity index (χ4v) is 3.66. The SMILES string of the molecule is CCNC(=NCCCNC(=O)c1occc1C)N1CCC2(CCOC2)C1. The minimum Gasteiger partial charge on any atom is -0.459 e. The zero-order chi connectivity index (χ0) is 18.4. The number of aliphatic imine (C=N–C) groups is 1. The molecule has 144 valence electrons. The Labute approximate surface area is 155 Å². The molecule has 2 saturated heterocycles. The van der Waals surface area contributed by atoms with Gasteiger partial charge in [0.05, 0.1) is 12.9 Å². The molecule has 0 aliphatic carbocycles. The number of rotatable bonds is 6. The number of nitrogens with zero attached hydrogens (tertiary/aromatic N) is 2. The molecule has 7 heteroatoms. The summed E-state index contributed by atoms with van der Waals surface area (Å²) < 4.78 is 10.8. The van der Waals surface area contributed by atoms with Crippen molar-refractivity contribution in [3.63, 3.8) is 0 Å². The molecule has 1 spiro atoms. The van der Waals surface area contributed by atoms with Crippen molar-refractivity contribution in [2.24, 2.45) is 10.4 Å². The Kier molecular flexibility index (Phi) is 6.19. The van der Waals surface area contributed by atoms with E-state index in [1.54, 1.807) is 6.07 Å². The van der Waals surface area contributed by atoms with E-state index in [1.165, 1.54) is 12.7 Å². The maximum absolute atomic E-state index is 12.0. The summed E-state index contributed by atoms with van der Waals surface area (Å²) in [7, 11) is 0. The predicted octanol–water partition coefficient (Wildman–Crippen LogP) is 1.79. The van der Waals surface area contributed by atoms with Crippen LogP contribution in [0.4, 0.5) is 0 Å². The summed E-state index contributed by atoms with van der Waals surface area (Å²) in [5.74, 6) is 1.21. The molecule has 1 aromatic rings. The highest BCUT2D eigenvalue weighted by molar-refractivity contribution is 5.92. The maximum Gasteiger partial charge on any atom is 0.287 e. The number of guanidine groups is 1. The average Bonchev–Trinajstić information content (AvgIpc) is 3.36. The molecule has 3 rings (SSSR count). The molecular weight excluding hydrogens is 332 g/mol. The van der Waals surface area contributed by atoms with Gasteiger partial charge in [0, 0.05) is 50.3 Å². The van der Waals surface area contributed by atoms with Crippen LogP contribution in [0.5, 0.6) is 0 Å². The van der Waals surface area contributed by atoms with Crippen LogP contribution >= 0.6 is 0 Å². The molecule has 2 aliphatic rings. The fraction of sp³-hybridized carbons (Fsp3) is 0.684. The topological polar surface area (TPSA) is 79.1 Å². The zero-order valence-electron chi connectivity index (χ0n) is 15.8. The molecule has 26 heavy (non-hydrogen) atoms. The standard InChI is InChI=1S/C19H30N4O3/c1-3-20-18(23-10-6-19(13-23)7-12-25-14-19)22-9-4-8-21-17(24)16-15(2)5-11-26-16/h5,11H,3-4,6-10,12-14H2,1-2H3,(H,20,22)(H,21,24). The summed E-state index contributed by atoms with van der Waals surface area (Å²) >= 11 is 0. The minimum absolute atomic E-state index is 0.161. The van der Waals surface area contributed by atoms with Crippen LogP contribution in [-0.2, 0) is 4.74 Å². The lowest BCUT2D eigenvalue weighted by Crippen LogP contribution is -2.41. The molecule has 0 saturated carbocycles. The summed E-state index contributed by atoms with van der Waals surface area (Å²) in [6, 6.07) is 1.79. The van der Waals surface area contributed by atoms with Gasteiger partial charge in [0.15, 0.2) is 11.7 Å². The first-order valence-electron chi connectivity index (χ1n) is 9.57. The van der Waals surface area contributed by atoms with Crippen molar-refractivity contribution in [3.05, 3.63) is 23.7 Å². The maximum atomic E-state index is 12.0. The number of carbonyl (C=O) groups excluding carboxylic acids is 1. The third-order valence-corrected chi connectivity index (χ3v) is 5.21. The van der Waals surface area contributed by atoms with E-state index in [0.717, 1.165) is 57.2 Å². The number of hydrogen-bond acceptors (Lipinski definition) is 4. The quantitative estimate of drug-likeness (QED) is 0.458. The molecule has 2 fully saturated rings. The van der Waals surface area contributed by atoms with Gasteiger partial charge >= 0.3 is 0 Å². The molecule has 1 unspecified atom stereocenters. The van der Waals surface area contributed by atoms with Crippen molar-refractivity contribution >= 4 is 11.9 Å². The Morgan fingerprint density at radius 2 is 2.27 bits per heavy atom. The van der Waals surface area contributed by atoms with Crippen LogP contribution in [0.2, 0.25) is 0 Å². The van der Waals surface area contributed by atoms with Crippen LogP contribution in [0.1, 0.15) is 42.3 Å². The molecular formula is C19H30N4O3. The summed E-state index contributed by atoms with van der Waals surface area (Å²) in [4.78, 5) is 19.1. The van der Waals surface area contributed by atoms with Crippen LogP contribution in [0, 0.1) is 12.3 Å². The second-order valence-electron chi connectivity index (χ2n) is 7.25. The van der Waals surface area contributed by atoms with Gasteiger partial charge in [-0.15, -0.1) is 0 Å². The minimum atomic E-state index is -0.161. The van der Waals surface area contributed by atoms with Crippen molar-refractivity contribution in [1.29, 1.82) is 0 Å². The van der Waals surface area contributed by atoms with E-state index in [4.69, 9.17) is 14.1 Å². The molecule has 7 nitrogen and oxygen atoms in total. The first kappa shape index (κ1) is 18.8. The van der Waals surface area contributed by atoms with Crippen LogP contribution in [-0.4, -0.2) is 62.7 Å². The van der Waals surface area contributed by atoms with Gasteiger partial charge in [0.2, 0.25) is 0 Å². The molecule has 1 amide bonds. The molecule has 1 atom stereocenters. The summed E-state index contributed by atoms with van der Waals surface area (Å²) in [5.41, 5.74) is 1.18. The van der Waals surface area contributed by atoms with E-state index < -0.39 is 0 Å². The molecule has 2 aliphatic heterocycles. The highest BCUT2D eigenvalue weighted by atomic mass is 16.5. The Morgan fingerprint density at radius 3 is 2.96 bits per heavy atom. The first-order chi connectivity index (χ1) is 12.6. The van der Waals surface area contributed by atoms with Gasteiger partial charge < -0.3 is 24.7 Å². The number of hydrogen-bond donors (Lipinski definition) is 2. The van der Waals surface area contributed by atoms with Crippen LogP contribution in [0.3, 0.4) is 0 Å².